The standard InChI is InChI=1S/C27H35ClFN3O5/c1-30-23(11-18-5-4-9-36-16-18)15-32-26(33)20-12-21(17-37-10-8-31-27(34)35-2)25(29)24(14-20)19-6-3-7-22(28)13-19/h3,6-7,12-14,18,23,30H,4-5,8-11,15-17H2,1-2H3,(H,31,34)(H,32,33)/t18-,23+/m1/s1. The first-order valence-electron chi connectivity index (χ1n) is 12.4. The van der Waals surface area contributed by atoms with Crippen molar-refractivity contribution in [2.45, 2.75) is 31.9 Å². The molecule has 0 bridgehead atoms. The molecule has 0 unspecified atom stereocenters. The molecule has 2 amide bonds. The summed E-state index contributed by atoms with van der Waals surface area (Å²) in [5.41, 5.74) is 1.35. The van der Waals surface area contributed by atoms with Gasteiger partial charge in [0.1, 0.15) is 5.82 Å². The average molecular weight is 536 g/mol. The second-order valence-corrected chi connectivity index (χ2v) is 9.43. The first-order chi connectivity index (χ1) is 17.9. The van der Waals surface area contributed by atoms with Gasteiger partial charge < -0.3 is 30.2 Å². The van der Waals surface area contributed by atoms with E-state index in [1.165, 1.54) is 19.2 Å². The zero-order chi connectivity index (χ0) is 26.6. The minimum atomic E-state index is -0.576. The molecule has 3 N–H and O–H groups in total. The molecule has 2 aromatic rings. The Morgan fingerprint density at radius 2 is 2.08 bits per heavy atom. The van der Waals surface area contributed by atoms with Gasteiger partial charge >= 0.3 is 6.09 Å². The number of carbonyl (C=O) groups excluding carboxylic acids is 2. The summed E-state index contributed by atoms with van der Waals surface area (Å²) >= 11 is 6.14. The number of hydrogen-bond donors (Lipinski definition) is 3. The average Bonchev–Trinajstić information content (AvgIpc) is 2.91. The van der Waals surface area contributed by atoms with Crippen LogP contribution < -0.4 is 16.0 Å². The Morgan fingerprint density at radius 3 is 2.78 bits per heavy atom. The molecule has 0 aromatic heterocycles. The summed E-state index contributed by atoms with van der Waals surface area (Å²) in [4.78, 5) is 24.3. The lowest BCUT2D eigenvalue weighted by Crippen LogP contribution is -2.41. The SMILES string of the molecule is CN[C@H](CNC(=O)c1cc(COCCNC(=O)OC)c(F)c(-c2cccc(Cl)c2)c1)C[C@H]1CCCOC1. The van der Waals surface area contributed by atoms with Crippen LogP contribution in [0.2, 0.25) is 5.02 Å². The third-order valence-corrected chi connectivity index (χ3v) is 6.53. The van der Waals surface area contributed by atoms with Crippen molar-refractivity contribution in [1.82, 2.24) is 16.0 Å². The van der Waals surface area contributed by atoms with Crippen LogP contribution in [0.1, 0.15) is 35.2 Å². The highest BCUT2D eigenvalue weighted by Gasteiger charge is 2.21. The van der Waals surface area contributed by atoms with Crippen LogP contribution >= 0.6 is 11.6 Å². The lowest BCUT2D eigenvalue weighted by molar-refractivity contribution is 0.0478. The molecule has 8 nitrogen and oxygen atoms in total. The summed E-state index contributed by atoms with van der Waals surface area (Å²) in [6.45, 7) is 2.25. The molecule has 0 saturated carbocycles. The molecular formula is C27H35ClFN3O5. The smallest absolute Gasteiger partial charge is 0.406 e. The maximum Gasteiger partial charge on any atom is 0.406 e. The summed E-state index contributed by atoms with van der Waals surface area (Å²) in [7, 11) is 3.14. The van der Waals surface area contributed by atoms with Crippen LogP contribution in [0.3, 0.4) is 0 Å². The van der Waals surface area contributed by atoms with E-state index in [2.05, 4.69) is 20.7 Å². The Balaban J connectivity index is 1.73. The highest BCUT2D eigenvalue weighted by molar-refractivity contribution is 6.30. The van der Waals surface area contributed by atoms with Crippen molar-refractivity contribution in [3.8, 4) is 11.1 Å². The fourth-order valence-corrected chi connectivity index (χ4v) is 4.47. The van der Waals surface area contributed by atoms with Gasteiger partial charge in [0.25, 0.3) is 5.91 Å². The van der Waals surface area contributed by atoms with Gasteiger partial charge in [0.2, 0.25) is 0 Å². The monoisotopic (exact) mass is 535 g/mol. The second-order valence-electron chi connectivity index (χ2n) is 8.99. The first kappa shape index (κ1) is 28.8. The number of methoxy groups -OCH3 is 1. The lowest BCUT2D eigenvalue weighted by Gasteiger charge is -2.26. The molecule has 10 heteroatoms. The van der Waals surface area contributed by atoms with Gasteiger partial charge in [-0.25, -0.2) is 9.18 Å². The number of alkyl carbamates (subject to hydrolysis) is 1. The number of carbonyl (C=O) groups is 2. The van der Waals surface area contributed by atoms with Gasteiger partial charge in [-0.15, -0.1) is 0 Å². The van der Waals surface area contributed by atoms with Gasteiger partial charge in [-0.1, -0.05) is 23.7 Å². The molecule has 202 valence electrons. The highest BCUT2D eigenvalue weighted by Crippen LogP contribution is 2.29. The van der Waals surface area contributed by atoms with Gasteiger partial charge in [0.05, 0.1) is 20.3 Å². The van der Waals surface area contributed by atoms with Crippen LogP contribution in [0.5, 0.6) is 0 Å². The zero-order valence-electron chi connectivity index (χ0n) is 21.3. The van der Waals surface area contributed by atoms with E-state index in [0.717, 1.165) is 32.5 Å². The van der Waals surface area contributed by atoms with Crippen LogP contribution in [0.15, 0.2) is 36.4 Å². The maximum atomic E-state index is 15.5. The molecule has 2 aromatic carbocycles. The number of benzene rings is 2. The van der Waals surface area contributed by atoms with Gasteiger partial charge in [0, 0.05) is 54.1 Å². The molecule has 0 aliphatic carbocycles. The normalized spacial score (nSPS) is 16.2. The number of amides is 2. The number of nitrogens with one attached hydrogen (secondary N) is 3. The third-order valence-electron chi connectivity index (χ3n) is 6.29. The molecule has 1 aliphatic rings. The van der Waals surface area contributed by atoms with E-state index in [1.54, 1.807) is 24.3 Å². The quantitative estimate of drug-likeness (QED) is 0.353. The number of rotatable bonds is 12. The first-order valence-corrected chi connectivity index (χ1v) is 12.8. The predicted molar refractivity (Wildman–Crippen MR) is 140 cm³/mol. The van der Waals surface area contributed by atoms with Crippen LogP contribution in [-0.4, -0.2) is 65.1 Å². The minimum absolute atomic E-state index is 0.0792. The number of ether oxygens (including phenoxy) is 3. The van der Waals surface area contributed by atoms with E-state index in [0.29, 0.717) is 28.6 Å². The van der Waals surface area contributed by atoms with Crippen molar-refractivity contribution in [3.63, 3.8) is 0 Å². The summed E-state index contributed by atoms with van der Waals surface area (Å²) in [5.74, 6) is -0.344. The van der Waals surface area contributed by atoms with E-state index in [-0.39, 0.29) is 42.8 Å². The molecule has 2 atom stereocenters. The molecule has 37 heavy (non-hydrogen) atoms. The third kappa shape index (κ3) is 8.96. The summed E-state index contributed by atoms with van der Waals surface area (Å²) in [5, 5.41) is 9.20. The van der Waals surface area contributed by atoms with Crippen LogP contribution in [0.4, 0.5) is 9.18 Å². The van der Waals surface area contributed by atoms with Crippen molar-refractivity contribution in [3.05, 3.63) is 58.4 Å². The Hall–Kier alpha value is -2.72. The van der Waals surface area contributed by atoms with Crippen molar-refractivity contribution in [1.29, 1.82) is 0 Å². The molecule has 1 aliphatic heterocycles. The van der Waals surface area contributed by atoms with E-state index in [9.17, 15) is 9.59 Å². The topological polar surface area (TPSA) is 97.9 Å². The lowest BCUT2D eigenvalue weighted by atomic mass is 9.94. The van der Waals surface area contributed by atoms with Crippen LogP contribution in [0, 0.1) is 11.7 Å². The van der Waals surface area contributed by atoms with Crippen molar-refractivity contribution in [2.75, 3.05) is 47.1 Å². The van der Waals surface area contributed by atoms with Crippen molar-refractivity contribution < 1.29 is 28.2 Å². The fourth-order valence-electron chi connectivity index (χ4n) is 4.28. The van der Waals surface area contributed by atoms with Gasteiger partial charge in [-0.3, -0.25) is 4.79 Å². The minimum Gasteiger partial charge on any atom is -0.453 e. The Kier molecular flexibility index (Phi) is 11.6. The van der Waals surface area contributed by atoms with Crippen LogP contribution in [-0.2, 0) is 20.8 Å². The van der Waals surface area contributed by atoms with Gasteiger partial charge in [0.15, 0.2) is 0 Å². The molecule has 0 spiro atoms. The summed E-state index contributed by atoms with van der Waals surface area (Å²) in [6.07, 6.45) is 2.49. The number of halogens is 2. The van der Waals surface area contributed by atoms with E-state index in [4.69, 9.17) is 21.1 Å². The Morgan fingerprint density at radius 1 is 1.24 bits per heavy atom. The largest absolute Gasteiger partial charge is 0.453 e. The molecule has 1 heterocycles. The van der Waals surface area contributed by atoms with Gasteiger partial charge in [-0.05, 0) is 62.1 Å². The highest BCUT2D eigenvalue weighted by atomic mass is 35.5. The molecular weight excluding hydrogens is 501 g/mol. The van der Waals surface area contributed by atoms with E-state index < -0.39 is 11.9 Å². The molecule has 3 rings (SSSR count). The van der Waals surface area contributed by atoms with Crippen molar-refractivity contribution in [2.24, 2.45) is 5.92 Å². The Bertz CT molecular complexity index is 1050. The maximum absolute atomic E-state index is 15.5. The molecule has 1 fully saturated rings. The number of likely N-dealkylation sites (N-methyl/N-ethyl adjacent to an activating group) is 1. The second kappa shape index (κ2) is 14.9. The number of hydrogen-bond acceptors (Lipinski definition) is 6. The fraction of sp³-hybridized carbons (Fsp3) is 0.481. The summed E-state index contributed by atoms with van der Waals surface area (Å²) in [6, 6.07) is 9.93. The Labute approximate surface area is 222 Å². The predicted octanol–water partition coefficient (Wildman–Crippen LogP) is 4.15. The zero-order valence-corrected chi connectivity index (χ0v) is 22.0. The molecule has 1 saturated heterocycles. The van der Waals surface area contributed by atoms with Gasteiger partial charge in [-0.2, -0.15) is 0 Å². The van der Waals surface area contributed by atoms with Crippen LogP contribution in [0.25, 0.3) is 11.1 Å². The molecule has 0 radical (unpaired) electrons. The van der Waals surface area contributed by atoms with E-state index in [1.807, 2.05) is 7.05 Å². The van der Waals surface area contributed by atoms with Crippen molar-refractivity contribution >= 4 is 23.6 Å². The summed E-state index contributed by atoms with van der Waals surface area (Å²) < 4.78 is 31.1. The van der Waals surface area contributed by atoms with E-state index >= 15 is 4.39 Å².